The molecule has 3 rings (SSSR count). The molecule has 0 saturated heterocycles. The zero-order valence-electron chi connectivity index (χ0n) is 15.8. The number of halogens is 1. The van der Waals surface area contributed by atoms with Gasteiger partial charge in [-0.05, 0) is 49.2 Å². The van der Waals surface area contributed by atoms with Gasteiger partial charge in [0, 0.05) is 28.9 Å². The van der Waals surface area contributed by atoms with Crippen molar-refractivity contribution >= 4 is 17.5 Å². The molecule has 3 aromatic carbocycles. The third-order valence-corrected chi connectivity index (χ3v) is 4.50. The Morgan fingerprint density at radius 3 is 2.11 bits per heavy atom. The fourth-order valence-electron chi connectivity index (χ4n) is 2.92. The van der Waals surface area contributed by atoms with Gasteiger partial charge in [0.25, 0.3) is 11.8 Å². The molecule has 3 aromatic rings. The van der Waals surface area contributed by atoms with Gasteiger partial charge in [-0.25, -0.2) is 4.39 Å². The van der Waals surface area contributed by atoms with Crippen LogP contribution in [0, 0.1) is 19.7 Å². The summed E-state index contributed by atoms with van der Waals surface area (Å²) in [7, 11) is 0. The van der Waals surface area contributed by atoms with Crippen molar-refractivity contribution in [2.24, 2.45) is 0 Å². The summed E-state index contributed by atoms with van der Waals surface area (Å²) in [4.78, 5) is 25.0. The molecule has 0 saturated carbocycles. The van der Waals surface area contributed by atoms with Crippen molar-refractivity contribution in [1.82, 2.24) is 5.32 Å². The van der Waals surface area contributed by atoms with E-state index in [0.29, 0.717) is 16.7 Å². The summed E-state index contributed by atoms with van der Waals surface area (Å²) in [6, 6.07) is 18.5. The Labute approximate surface area is 163 Å². The number of hydrogen-bond donors (Lipinski definition) is 2. The van der Waals surface area contributed by atoms with Crippen molar-refractivity contribution in [3.05, 3.63) is 100 Å². The van der Waals surface area contributed by atoms with Crippen LogP contribution in [0.2, 0.25) is 0 Å². The fraction of sp³-hybridized carbons (Fsp3) is 0.130. The number of anilines is 1. The summed E-state index contributed by atoms with van der Waals surface area (Å²) in [5.74, 6) is -1.03. The predicted molar refractivity (Wildman–Crippen MR) is 108 cm³/mol. The first-order chi connectivity index (χ1) is 13.5. The summed E-state index contributed by atoms with van der Waals surface area (Å²) >= 11 is 0. The van der Waals surface area contributed by atoms with Gasteiger partial charge in [0.05, 0.1) is 0 Å². The van der Waals surface area contributed by atoms with Gasteiger partial charge in [0.2, 0.25) is 0 Å². The molecule has 0 fully saturated rings. The maximum absolute atomic E-state index is 13.7. The number of carbonyl (C=O) groups is 2. The Bertz CT molecular complexity index is 1010. The van der Waals surface area contributed by atoms with Crippen molar-refractivity contribution in [2.75, 3.05) is 5.32 Å². The highest BCUT2D eigenvalue weighted by molar-refractivity contribution is 6.06. The molecule has 5 heteroatoms. The Morgan fingerprint density at radius 2 is 1.43 bits per heavy atom. The van der Waals surface area contributed by atoms with Crippen LogP contribution in [0.4, 0.5) is 10.1 Å². The van der Waals surface area contributed by atoms with E-state index >= 15 is 0 Å². The SMILES string of the molecule is Cc1cccc(C)c1NC(=O)c1cccc(C(=O)NCc2ccccc2F)c1. The van der Waals surface area contributed by atoms with E-state index in [9.17, 15) is 14.0 Å². The topological polar surface area (TPSA) is 58.2 Å². The second kappa shape index (κ2) is 8.48. The van der Waals surface area contributed by atoms with Gasteiger partial charge in [-0.3, -0.25) is 9.59 Å². The molecule has 0 aliphatic rings. The zero-order chi connectivity index (χ0) is 20.1. The summed E-state index contributed by atoms with van der Waals surface area (Å²) < 4.78 is 13.7. The highest BCUT2D eigenvalue weighted by atomic mass is 19.1. The lowest BCUT2D eigenvalue weighted by molar-refractivity contribution is 0.0950. The van der Waals surface area contributed by atoms with E-state index in [1.165, 1.54) is 12.1 Å². The molecular weight excluding hydrogens is 355 g/mol. The molecule has 142 valence electrons. The molecule has 0 unspecified atom stereocenters. The number of para-hydroxylation sites is 1. The third kappa shape index (κ3) is 4.43. The number of hydrogen-bond acceptors (Lipinski definition) is 2. The van der Waals surface area contributed by atoms with Gasteiger partial charge in [-0.15, -0.1) is 0 Å². The van der Waals surface area contributed by atoms with Crippen molar-refractivity contribution < 1.29 is 14.0 Å². The van der Waals surface area contributed by atoms with Crippen molar-refractivity contribution in [1.29, 1.82) is 0 Å². The van der Waals surface area contributed by atoms with Gasteiger partial charge >= 0.3 is 0 Å². The molecule has 0 radical (unpaired) electrons. The molecule has 0 aromatic heterocycles. The number of benzene rings is 3. The minimum absolute atomic E-state index is 0.0737. The minimum Gasteiger partial charge on any atom is -0.348 e. The molecule has 0 atom stereocenters. The average Bonchev–Trinajstić information content (AvgIpc) is 2.70. The standard InChI is InChI=1S/C23H21FN2O2/c1-15-7-5-8-16(2)21(15)26-23(28)18-11-6-10-17(13-18)22(27)25-14-19-9-3-4-12-20(19)24/h3-13H,14H2,1-2H3,(H,25,27)(H,26,28). The summed E-state index contributed by atoms with van der Waals surface area (Å²) in [6.45, 7) is 3.93. The van der Waals surface area contributed by atoms with E-state index in [0.717, 1.165) is 16.8 Å². The van der Waals surface area contributed by atoms with Crippen molar-refractivity contribution in [3.63, 3.8) is 0 Å². The first kappa shape index (κ1) is 19.3. The van der Waals surface area contributed by atoms with Gasteiger partial charge in [0.1, 0.15) is 5.82 Å². The number of aryl methyl sites for hydroxylation is 2. The lowest BCUT2D eigenvalue weighted by Crippen LogP contribution is -2.24. The Balaban J connectivity index is 1.72. The second-order valence-corrected chi connectivity index (χ2v) is 6.58. The van der Waals surface area contributed by atoms with E-state index in [1.54, 1.807) is 36.4 Å². The van der Waals surface area contributed by atoms with Crippen LogP contribution >= 0.6 is 0 Å². The van der Waals surface area contributed by atoms with Crippen LogP contribution < -0.4 is 10.6 Å². The molecule has 0 bridgehead atoms. The van der Waals surface area contributed by atoms with Crippen LogP contribution in [-0.4, -0.2) is 11.8 Å². The zero-order valence-corrected chi connectivity index (χ0v) is 15.8. The summed E-state index contributed by atoms with van der Waals surface area (Å²) in [6.07, 6.45) is 0. The largest absolute Gasteiger partial charge is 0.348 e. The maximum Gasteiger partial charge on any atom is 0.255 e. The monoisotopic (exact) mass is 376 g/mol. The third-order valence-electron chi connectivity index (χ3n) is 4.50. The smallest absolute Gasteiger partial charge is 0.255 e. The normalized spacial score (nSPS) is 10.4. The molecule has 28 heavy (non-hydrogen) atoms. The molecule has 2 amide bonds. The van der Waals surface area contributed by atoms with E-state index in [2.05, 4.69) is 10.6 Å². The lowest BCUT2D eigenvalue weighted by Gasteiger charge is -2.12. The summed E-state index contributed by atoms with van der Waals surface area (Å²) in [5.41, 5.74) is 3.81. The highest BCUT2D eigenvalue weighted by Crippen LogP contribution is 2.20. The van der Waals surface area contributed by atoms with Crippen LogP contribution in [0.25, 0.3) is 0 Å². The molecule has 2 N–H and O–H groups in total. The van der Waals surface area contributed by atoms with E-state index in [4.69, 9.17) is 0 Å². The van der Waals surface area contributed by atoms with Crippen LogP contribution in [-0.2, 0) is 6.54 Å². The van der Waals surface area contributed by atoms with Crippen molar-refractivity contribution in [3.8, 4) is 0 Å². The molecule has 0 spiro atoms. The van der Waals surface area contributed by atoms with Crippen LogP contribution in [0.5, 0.6) is 0 Å². The number of rotatable bonds is 5. The van der Waals surface area contributed by atoms with Gasteiger partial charge in [0.15, 0.2) is 0 Å². The number of carbonyl (C=O) groups excluding carboxylic acids is 2. The quantitative estimate of drug-likeness (QED) is 0.682. The van der Waals surface area contributed by atoms with E-state index < -0.39 is 0 Å². The first-order valence-electron chi connectivity index (χ1n) is 8.95. The first-order valence-corrected chi connectivity index (χ1v) is 8.95. The molecule has 0 aliphatic heterocycles. The predicted octanol–water partition coefficient (Wildman–Crippen LogP) is 4.62. The van der Waals surface area contributed by atoms with Crippen molar-refractivity contribution in [2.45, 2.75) is 20.4 Å². The lowest BCUT2D eigenvalue weighted by atomic mass is 10.1. The Kier molecular flexibility index (Phi) is 5.84. The highest BCUT2D eigenvalue weighted by Gasteiger charge is 2.13. The molecular formula is C23H21FN2O2. The van der Waals surface area contributed by atoms with Crippen LogP contribution in [0.15, 0.2) is 66.7 Å². The fourth-order valence-corrected chi connectivity index (χ4v) is 2.92. The van der Waals surface area contributed by atoms with Gasteiger partial charge < -0.3 is 10.6 Å². The molecule has 0 heterocycles. The average molecular weight is 376 g/mol. The molecule has 4 nitrogen and oxygen atoms in total. The van der Waals surface area contributed by atoms with Gasteiger partial charge in [-0.2, -0.15) is 0 Å². The van der Waals surface area contributed by atoms with Crippen LogP contribution in [0.3, 0.4) is 0 Å². The number of nitrogens with one attached hydrogen (secondary N) is 2. The summed E-state index contributed by atoms with van der Waals surface area (Å²) in [5, 5.41) is 5.59. The minimum atomic E-state index is -0.371. The molecule has 0 aliphatic carbocycles. The second-order valence-electron chi connectivity index (χ2n) is 6.58. The number of amides is 2. The van der Waals surface area contributed by atoms with Crippen LogP contribution in [0.1, 0.15) is 37.4 Å². The maximum atomic E-state index is 13.7. The van der Waals surface area contributed by atoms with E-state index in [-0.39, 0.29) is 24.2 Å². The van der Waals surface area contributed by atoms with Gasteiger partial charge in [-0.1, -0.05) is 42.5 Å². The Morgan fingerprint density at radius 1 is 0.821 bits per heavy atom. The Hall–Kier alpha value is -3.47. The van der Waals surface area contributed by atoms with E-state index in [1.807, 2.05) is 32.0 Å².